The molecule has 0 saturated heterocycles. The van der Waals surface area contributed by atoms with Crippen LogP contribution in [0.15, 0.2) is 36.4 Å². The van der Waals surface area contributed by atoms with E-state index in [1.165, 1.54) is 0 Å². The van der Waals surface area contributed by atoms with Crippen LogP contribution < -0.4 is 5.32 Å². The molecule has 0 aliphatic heterocycles. The van der Waals surface area contributed by atoms with Crippen molar-refractivity contribution in [3.63, 3.8) is 0 Å². The fourth-order valence-corrected chi connectivity index (χ4v) is 2.68. The van der Waals surface area contributed by atoms with Crippen LogP contribution in [0.2, 0.25) is 0 Å². The summed E-state index contributed by atoms with van der Waals surface area (Å²) in [6, 6.07) is 6.91. The minimum atomic E-state index is -2.75. The molecule has 0 aromatic heterocycles. The average Bonchev–Trinajstić information content (AvgIpc) is 2.47. The molecule has 0 radical (unpaired) electrons. The molecule has 0 bridgehead atoms. The summed E-state index contributed by atoms with van der Waals surface area (Å²) < 4.78 is 28.2. The van der Waals surface area contributed by atoms with Gasteiger partial charge in [0.15, 0.2) is 0 Å². The molecule has 21 heavy (non-hydrogen) atoms. The van der Waals surface area contributed by atoms with Crippen LogP contribution in [0.25, 0.3) is 0 Å². The number of rotatable bonds is 3. The molecule has 4 heteroatoms. The van der Waals surface area contributed by atoms with Crippen LogP contribution in [0.4, 0.5) is 8.78 Å². The first kappa shape index (κ1) is 15.7. The molecule has 1 aromatic carbocycles. The van der Waals surface area contributed by atoms with Crippen LogP contribution in [-0.4, -0.2) is 18.9 Å². The van der Waals surface area contributed by atoms with Gasteiger partial charge in [-0.05, 0) is 49.5 Å². The van der Waals surface area contributed by atoms with E-state index in [0.29, 0.717) is 18.4 Å². The van der Waals surface area contributed by atoms with Gasteiger partial charge in [0.2, 0.25) is 0 Å². The number of carbonyl (C=O) groups is 1. The van der Waals surface area contributed by atoms with Crippen molar-refractivity contribution in [2.45, 2.75) is 38.0 Å². The highest BCUT2D eigenvalue weighted by atomic mass is 19.3. The summed E-state index contributed by atoms with van der Waals surface area (Å²) in [7, 11) is 1.57. The normalized spacial score (nSPS) is 22.9. The lowest BCUT2D eigenvalue weighted by atomic mass is 9.86. The molecule has 1 aliphatic rings. The summed E-state index contributed by atoms with van der Waals surface area (Å²) in [4.78, 5) is 11.5. The molecule has 1 atom stereocenters. The van der Waals surface area contributed by atoms with E-state index in [4.69, 9.17) is 0 Å². The first-order valence-electron chi connectivity index (χ1n) is 7.39. The maximum Gasteiger partial charge on any atom is 0.269 e. The Hall–Kier alpha value is -1.71. The molecule has 114 valence electrons. The predicted molar refractivity (Wildman–Crippen MR) is 79.6 cm³/mol. The van der Waals surface area contributed by atoms with E-state index in [-0.39, 0.29) is 5.91 Å². The van der Waals surface area contributed by atoms with Crippen LogP contribution in [0.3, 0.4) is 0 Å². The van der Waals surface area contributed by atoms with Crippen LogP contribution in [0.5, 0.6) is 0 Å². The van der Waals surface area contributed by atoms with E-state index in [1.807, 2.05) is 0 Å². The smallest absolute Gasteiger partial charge is 0.269 e. The van der Waals surface area contributed by atoms with E-state index in [0.717, 1.165) is 30.9 Å². The lowest BCUT2D eigenvalue weighted by Gasteiger charge is -2.26. The summed E-state index contributed by atoms with van der Waals surface area (Å²) in [5.41, 5.74) is 1.40. The van der Waals surface area contributed by atoms with Crippen molar-refractivity contribution in [2.24, 2.45) is 5.92 Å². The number of benzene rings is 1. The number of alkyl halides is 2. The lowest BCUT2D eigenvalue weighted by molar-refractivity contribution is -0.0151. The van der Waals surface area contributed by atoms with Crippen molar-refractivity contribution in [3.8, 4) is 0 Å². The van der Waals surface area contributed by atoms with Gasteiger partial charge in [0.1, 0.15) is 0 Å². The standard InChI is InChI=1S/C17H21F2NO/c1-20-16(21)14-9-7-13(8-10-14)12-15-6-4-2-3-5-11-17(15,18)19/h5,7-11,15H,2-4,6,12H2,1H3,(H,20,21)/b11-5-. The monoisotopic (exact) mass is 293 g/mol. The van der Waals surface area contributed by atoms with Crippen LogP contribution in [-0.2, 0) is 6.42 Å². The molecule has 0 saturated carbocycles. The molecule has 1 aromatic rings. The van der Waals surface area contributed by atoms with Gasteiger partial charge in [0, 0.05) is 18.5 Å². The maximum absolute atomic E-state index is 14.1. The van der Waals surface area contributed by atoms with Crippen molar-refractivity contribution in [1.29, 1.82) is 0 Å². The molecule has 2 rings (SSSR count). The van der Waals surface area contributed by atoms with Crippen molar-refractivity contribution >= 4 is 5.91 Å². The first-order valence-corrected chi connectivity index (χ1v) is 7.39. The third-order valence-corrected chi connectivity index (χ3v) is 3.98. The second-order valence-electron chi connectivity index (χ2n) is 5.54. The van der Waals surface area contributed by atoms with Gasteiger partial charge in [0.05, 0.1) is 0 Å². The topological polar surface area (TPSA) is 29.1 Å². The molecule has 0 heterocycles. The number of allylic oxidation sites excluding steroid dienone is 2. The van der Waals surface area contributed by atoms with E-state index >= 15 is 0 Å². The Kier molecular flexibility index (Phi) is 5.10. The zero-order chi connectivity index (χ0) is 15.3. The van der Waals surface area contributed by atoms with Crippen LogP contribution in [0.1, 0.15) is 41.6 Å². The molecule has 1 aliphatic carbocycles. The molecule has 1 amide bonds. The summed E-state index contributed by atoms with van der Waals surface area (Å²) >= 11 is 0. The van der Waals surface area contributed by atoms with E-state index < -0.39 is 11.8 Å². The predicted octanol–water partition coefficient (Wildman–Crippen LogP) is 3.97. The van der Waals surface area contributed by atoms with Crippen molar-refractivity contribution in [1.82, 2.24) is 5.32 Å². The minimum absolute atomic E-state index is 0.166. The zero-order valence-corrected chi connectivity index (χ0v) is 12.2. The Balaban J connectivity index is 2.10. The van der Waals surface area contributed by atoms with Crippen molar-refractivity contribution in [2.75, 3.05) is 7.05 Å². The van der Waals surface area contributed by atoms with E-state index in [9.17, 15) is 13.6 Å². The molecular weight excluding hydrogens is 272 g/mol. The Morgan fingerprint density at radius 1 is 1.29 bits per heavy atom. The number of hydrogen-bond acceptors (Lipinski definition) is 1. The summed E-state index contributed by atoms with van der Waals surface area (Å²) in [5.74, 6) is -3.58. The fraction of sp³-hybridized carbons (Fsp3) is 0.471. The summed E-state index contributed by atoms with van der Waals surface area (Å²) in [6.45, 7) is 0. The number of amides is 1. The second-order valence-corrected chi connectivity index (χ2v) is 5.54. The third kappa shape index (κ3) is 4.13. The quantitative estimate of drug-likeness (QED) is 0.839. The van der Waals surface area contributed by atoms with E-state index in [2.05, 4.69) is 5.32 Å². The van der Waals surface area contributed by atoms with Gasteiger partial charge < -0.3 is 5.32 Å². The van der Waals surface area contributed by atoms with Crippen molar-refractivity contribution < 1.29 is 13.6 Å². The van der Waals surface area contributed by atoms with Crippen LogP contribution in [0, 0.1) is 5.92 Å². The van der Waals surface area contributed by atoms with Crippen molar-refractivity contribution in [3.05, 3.63) is 47.5 Å². The van der Waals surface area contributed by atoms with Gasteiger partial charge in [-0.2, -0.15) is 0 Å². The Labute approximate surface area is 124 Å². The molecule has 2 nitrogen and oxygen atoms in total. The average molecular weight is 293 g/mol. The molecule has 0 fully saturated rings. The highest BCUT2D eigenvalue weighted by molar-refractivity contribution is 5.93. The van der Waals surface area contributed by atoms with Gasteiger partial charge in [-0.1, -0.05) is 24.6 Å². The fourth-order valence-electron chi connectivity index (χ4n) is 2.68. The zero-order valence-electron chi connectivity index (χ0n) is 12.2. The maximum atomic E-state index is 14.1. The first-order chi connectivity index (χ1) is 10.0. The molecule has 1 unspecified atom stereocenters. The van der Waals surface area contributed by atoms with E-state index in [1.54, 1.807) is 37.4 Å². The number of halogens is 2. The second kappa shape index (κ2) is 6.83. The summed E-state index contributed by atoms with van der Waals surface area (Å²) in [6.07, 6.45) is 6.08. The minimum Gasteiger partial charge on any atom is -0.355 e. The Morgan fingerprint density at radius 2 is 2.00 bits per heavy atom. The molecular formula is C17H21F2NO. The lowest BCUT2D eigenvalue weighted by Crippen LogP contribution is -2.28. The number of carbonyl (C=O) groups excluding carboxylic acids is 1. The van der Waals surface area contributed by atoms with Crippen LogP contribution >= 0.6 is 0 Å². The van der Waals surface area contributed by atoms with Gasteiger partial charge in [-0.25, -0.2) is 8.78 Å². The Bertz CT molecular complexity index is 508. The van der Waals surface area contributed by atoms with Gasteiger partial charge in [-0.3, -0.25) is 4.79 Å². The van der Waals surface area contributed by atoms with Gasteiger partial charge in [0.25, 0.3) is 11.8 Å². The molecule has 1 N–H and O–H groups in total. The number of hydrogen-bond donors (Lipinski definition) is 1. The summed E-state index contributed by atoms with van der Waals surface area (Å²) in [5, 5.41) is 2.54. The number of nitrogens with one attached hydrogen (secondary N) is 1. The Morgan fingerprint density at radius 3 is 2.67 bits per heavy atom. The SMILES string of the molecule is CNC(=O)c1ccc(CC2CCCC/C=C\C2(F)F)cc1. The molecule has 0 spiro atoms. The van der Waals surface area contributed by atoms with Gasteiger partial charge in [-0.15, -0.1) is 0 Å². The largest absolute Gasteiger partial charge is 0.355 e. The third-order valence-electron chi connectivity index (χ3n) is 3.98. The highest BCUT2D eigenvalue weighted by Crippen LogP contribution is 2.35. The van der Waals surface area contributed by atoms with Gasteiger partial charge >= 0.3 is 0 Å². The highest BCUT2D eigenvalue weighted by Gasteiger charge is 2.36.